The molecule has 0 N–H and O–H groups in total. The van der Waals surface area contributed by atoms with E-state index in [4.69, 9.17) is 14.2 Å². The quantitative estimate of drug-likeness (QED) is 0.0262. The van der Waals surface area contributed by atoms with Crippen molar-refractivity contribution in [1.29, 1.82) is 0 Å². The molecule has 0 saturated carbocycles. The topological polar surface area (TPSA) is 78.9 Å². The first kappa shape index (κ1) is 60.3. The van der Waals surface area contributed by atoms with Gasteiger partial charge >= 0.3 is 17.9 Å². The van der Waals surface area contributed by atoms with Gasteiger partial charge in [0.15, 0.2) is 6.10 Å². The van der Waals surface area contributed by atoms with Crippen molar-refractivity contribution in [3.8, 4) is 0 Å². The van der Waals surface area contributed by atoms with Crippen molar-refractivity contribution in [3.63, 3.8) is 0 Å². The summed E-state index contributed by atoms with van der Waals surface area (Å²) in [6.07, 6.45) is 68.2. The van der Waals surface area contributed by atoms with Crippen LogP contribution in [0.5, 0.6) is 0 Å². The first-order valence-electron chi connectivity index (χ1n) is 26.2. The molecule has 0 saturated heterocycles. The van der Waals surface area contributed by atoms with Crippen LogP contribution in [0.25, 0.3) is 0 Å². The predicted molar refractivity (Wildman–Crippen MR) is 274 cm³/mol. The molecule has 0 amide bonds. The van der Waals surface area contributed by atoms with Crippen LogP contribution >= 0.6 is 0 Å². The molecule has 0 bridgehead atoms. The van der Waals surface area contributed by atoms with E-state index in [1.807, 2.05) is 0 Å². The van der Waals surface area contributed by atoms with E-state index in [0.29, 0.717) is 19.3 Å². The average molecular weight is 889 g/mol. The van der Waals surface area contributed by atoms with Gasteiger partial charge in [0, 0.05) is 19.3 Å². The van der Waals surface area contributed by atoms with Crippen molar-refractivity contribution in [2.75, 3.05) is 13.2 Å². The van der Waals surface area contributed by atoms with Gasteiger partial charge in [-0.25, -0.2) is 0 Å². The Hall–Kier alpha value is -3.67. The molecule has 0 aromatic carbocycles. The van der Waals surface area contributed by atoms with Crippen LogP contribution in [0.2, 0.25) is 0 Å². The van der Waals surface area contributed by atoms with Crippen LogP contribution in [-0.2, 0) is 28.6 Å². The summed E-state index contributed by atoms with van der Waals surface area (Å²) in [5.41, 5.74) is 0. The number of rotatable bonds is 46. The highest BCUT2D eigenvalue weighted by molar-refractivity contribution is 5.71. The molecule has 6 nitrogen and oxygen atoms in total. The molecule has 364 valence electrons. The van der Waals surface area contributed by atoms with Crippen molar-refractivity contribution in [2.24, 2.45) is 0 Å². The first-order valence-corrected chi connectivity index (χ1v) is 26.2. The number of hydrogen-bond acceptors (Lipinski definition) is 6. The van der Waals surface area contributed by atoms with Crippen LogP contribution < -0.4 is 0 Å². The molecule has 64 heavy (non-hydrogen) atoms. The summed E-state index contributed by atoms with van der Waals surface area (Å²) in [7, 11) is 0. The van der Waals surface area contributed by atoms with Crippen LogP contribution in [0, 0.1) is 0 Å². The lowest BCUT2D eigenvalue weighted by molar-refractivity contribution is -0.167. The fraction of sp³-hybridized carbons (Fsp3) is 0.672. The lowest BCUT2D eigenvalue weighted by Crippen LogP contribution is -2.30. The zero-order valence-electron chi connectivity index (χ0n) is 41.5. The zero-order chi connectivity index (χ0) is 46.5. The van der Waals surface area contributed by atoms with Gasteiger partial charge in [-0.2, -0.15) is 0 Å². The number of carbonyl (C=O) groups excluding carboxylic acids is 3. The molecule has 0 heterocycles. The molecule has 0 fully saturated rings. The van der Waals surface area contributed by atoms with E-state index in [1.165, 1.54) is 64.2 Å². The van der Waals surface area contributed by atoms with Crippen molar-refractivity contribution in [2.45, 2.75) is 239 Å². The second-order valence-electron chi connectivity index (χ2n) is 17.0. The maximum absolute atomic E-state index is 12.8. The number of allylic oxidation sites excluding steroid dienone is 16. The molecule has 0 aromatic heterocycles. The van der Waals surface area contributed by atoms with E-state index in [1.54, 1.807) is 0 Å². The smallest absolute Gasteiger partial charge is 0.306 e. The molecule has 1 unspecified atom stereocenters. The molecule has 1 atom stereocenters. The van der Waals surface area contributed by atoms with Gasteiger partial charge in [0.2, 0.25) is 0 Å². The predicted octanol–water partition coefficient (Wildman–Crippen LogP) is 17.4. The van der Waals surface area contributed by atoms with Crippen LogP contribution in [-0.4, -0.2) is 37.2 Å². The lowest BCUT2D eigenvalue weighted by Gasteiger charge is -2.18. The van der Waals surface area contributed by atoms with Gasteiger partial charge in [-0.15, -0.1) is 0 Å². The van der Waals surface area contributed by atoms with Crippen molar-refractivity contribution in [1.82, 2.24) is 0 Å². The van der Waals surface area contributed by atoms with Gasteiger partial charge in [-0.05, 0) is 116 Å². The van der Waals surface area contributed by atoms with E-state index in [9.17, 15) is 14.4 Å². The van der Waals surface area contributed by atoms with Gasteiger partial charge in [0.1, 0.15) is 13.2 Å². The highest BCUT2D eigenvalue weighted by Crippen LogP contribution is 2.14. The molecule has 0 radical (unpaired) electrons. The number of carbonyl (C=O) groups is 3. The van der Waals surface area contributed by atoms with Gasteiger partial charge in [0.25, 0.3) is 0 Å². The minimum atomic E-state index is -0.799. The van der Waals surface area contributed by atoms with Gasteiger partial charge < -0.3 is 14.2 Å². The van der Waals surface area contributed by atoms with E-state index < -0.39 is 6.10 Å². The summed E-state index contributed by atoms with van der Waals surface area (Å²) in [4.78, 5) is 38.0. The number of hydrogen-bond donors (Lipinski definition) is 0. The second-order valence-corrected chi connectivity index (χ2v) is 17.0. The van der Waals surface area contributed by atoms with Crippen molar-refractivity contribution >= 4 is 17.9 Å². The fourth-order valence-electron chi connectivity index (χ4n) is 6.91. The molecule has 6 heteroatoms. The average Bonchev–Trinajstić information content (AvgIpc) is 3.29. The van der Waals surface area contributed by atoms with Crippen LogP contribution in [0.4, 0.5) is 0 Å². The number of unbranched alkanes of at least 4 members (excludes halogenated alkanes) is 19. The summed E-state index contributed by atoms with van der Waals surface area (Å²) in [6, 6.07) is 0. The molecule has 0 aliphatic rings. The normalized spacial score (nSPS) is 12.9. The van der Waals surface area contributed by atoms with Crippen LogP contribution in [0.15, 0.2) is 97.2 Å². The molecule has 0 spiro atoms. The third kappa shape index (κ3) is 49.3. The molecule has 0 rings (SSSR count). The monoisotopic (exact) mass is 889 g/mol. The fourth-order valence-corrected chi connectivity index (χ4v) is 6.91. The Bertz CT molecular complexity index is 1300. The lowest BCUT2D eigenvalue weighted by atomic mass is 10.1. The molecule has 0 aliphatic carbocycles. The molecule has 0 aromatic rings. The van der Waals surface area contributed by atoms with Crippen LogP contribution in [0.3, 0.4) is 0 Å². The Labute approximate surface area is 394 Å². The molecular weight excluding hydrogens is 793 g/mol. The number of esters is 3. The molecule has 0 aliphatic heterocycles. The van der Waals surface area contributed by atoms with E-state index >= 15 is 0 Å². The third-order valence-electron chi connectivity index (χ3n) is 10.8. The third-order valence-corrected chi connectivity index (χ3v) is 10.8. The SMILES string of the molecule is CC/C=C\C/C=C\C/C=C\C/C=C\C/C=C\CCCCCC(=O)OCC(COC(=O)CCCCCCC/C=C\C/C=C\CC)OC(=O)CCCCCCCCC/C=C\CCCCCC. The van der Waals surface area contributed by atoms with Crippen LogP contribution in [0.1, 0.15) is 233 Å². The van der Waals surface area contributed by atoms with Gasteiger partial charge in [0.05, 0.1) is 0 Å². The van der Waals surface area contributed by atoms with Gasteiger partial charge in [-0.3, -0.25) is 14.4 Å². The Morgan fingerprint density at radius 1 is 0.328 bits per heavy atom. The first-order chi connectivity index (χ1) is 31.5. The Morgan fingerprint density at radius 2 is 0.609 bits per heavy atom. The van der Waals surface area contributed by atoms with E-state index in [0.717, 1.165) is 128 Å². The summed E-state index contributed by atoms with van der Waals surface area (Å²) < 4.78 is 16.8. The minimum Gasteiger partial charge on any atom is -0.462 e. The van der Waals surface area contributed by atoms with E-state index in [2.05, 4.69) is 118 Å². The Balaban J connectivity index is 4.46. The van der Waals surface area contributed by atoms with Crippen molar-refractivity contribution in [3.05, 3.63) is 97.2 Å². The number of ether oxygens (including phenoxy) is 3. The zero-order valence-corrected chi connectivity index (χ0v) is 41.5. The standard InChI is InChI=1S/C58H96O6/c1-4-7-10-13-16-19-22-25-27-28-29-30-32-33-36-39-42-45-48-51-57(60)63-54-55(53-62-56(59)50-47-44-41-38-35-24-21-18-15-12-9-6-3)64-58(61)52-49-46-43-40-37-34-31-26-23-20-17-14-11-8-5-2/h7,9-10,12,16,18-21,23,25,27,29-30,33,36,55H,4-6,8,11,13-15,17,22,24,26,28,31-32,34-35,37-54H2,1-3H3/b10-7-,12-9-,19-16-,21-18-,23-20-,27-25-,30-29-,36-33-. The Kier molecular flexibility index (Phi) is 49.0. The van der Waals surface area contributed by atoms with E-state index in [-0.39, 0.29) is 31.1 Å². The summed E-state index contributed by atoms with van der Waals surface area (Å²) >= 11 is 0. The summed E-state index contributed by atoms with van der Waals surface area (Å²) in [5.74, 6) is -0.952. The second kappa shape index (κ2) is 52.0. The Morgan fingerprint density at radius 3 is 0.984 bits per heavy atom. The minimum absolute atomic E-state index is 0.0983. The maximum Gasteiger partial charge on any atom is 0.306 e. The summed E-state index contributed by atoms with van der Waals surface area (Å²) in [6.45, 7) is 6.35. The molecular formula is C58H96O6. The van der Waals surface area contributed by atoms with Crippen molar-refractivity contribution < 1.29 is 28.6 Å². The highest BCUT2D eigenvalue weighted by atomic mass is 16.6. The summed E-state index contributed by atoms with van der Waals surface area (Å²) in [5, 5.41) is 0. The van der Waals surface area contributed by atoms with Gasteiger partial charge in [-0.1, -0.05) is 195 Å². The maximum atomic E-state index is 12.8. The highest BCUT2D eigenvalue weighted by Gasteiger charge is 2.19. The largest absolute Gasteiger partial charge is 0.462 e.